The second kappa shape index (κ2) is 5.62. The first kappa shape index (κ1) is 12.5. The summed E-state index contributed by atoms with van der Waals surface area (Å²) < 4.78 is 23.8. The number of nitrogens with one attached hydrogen (secondary N) is 1. The molecule has 0 radical (unpaired) electrons. The predicted molar refractivity (Wildman–Crippen MR) is 67.6 cm³/mol. The highest BCUT2D eigenvalue weighted by Gasteiger charge is 2.17. The average Bonchev–Trinajstić information content (AvgIpc) is 2.30. The second-order valence-corrected chi connectivity index (χ2v) is 6.08. The fourth-order valence-corrected chi connectivity index (χ4v) is 3.28. The maximum Gasteiger partial charge on any atom is 0.228 e. The van der Waals surface area contributed by atoms with E-state index in [9.17, 15) is 8.42 Å². The zero-order valence-corrected chi connectivity index (χ0v) is 10.6. The second-order valence-electron chi connectivity index (χ2n) is 4.38. The summed E-state index contributed by atoms with van der Waals surface area (Å²) in [5, 5.41) is 1.81. The number of rotatable bonds is 4. The standard InChI is InChI=1S/C12H18N2O2S/c15-17(16,11-12-7-3-1-4-8-12)13-14-9-5-2-6-10-14/h1,3-4,7-8,13H,2,5-6,9-11H2. The monoisotopic (exact) mass is 254 g/mol. The van der Waals surface area contributed by atoms with Gasteiger partial charge in [-0.2, -0.15) is 0 Å². The molecule has 1 aliphatic heterocycles. The number of nitrogens with zero attached hydrogens (tertiary/aromatic N) is 1. The quantitative estimate of drug-likeness (QED) is 0.886. The van der Waals surface area contributed by atoms with E-state index in [1.54, 1.807) is 0 Å². The van der Waals surface area contributed by atoms with Gasteiger partial charge >= 0.3 is 0 Å². The van der Waals surface area contributed by atoms with E-state index in [0.717, 1.165) is 31.5 Å². The molecule has 17 heavy (non-hydrogen) atoms. The van der Waals surface area contributed by atoms with Crippen LogP contribution in [0.5, 0.6) is 0 Å². The number of hydrogen-bond donors (Lipinski definition) is 1. The Morgan fingerprint density at radius 1 is 1.06 bits per heavy atom. The normalized spacial score (nSPS) is 18.1. The highest BCUT2D eigenvalue weighted by atomic mass is 32.2. The minimum atomic E-state index is -3.26. The summed E-state index contributed by atoms with van der Waals surface area (Å²) in [4.78, 5) is 2.65. The van der Waals surface area contributed by atoms with Gasteiger partial charge in [-0.05, 0) is 18.4 Å². The number of hydrazine groups is 1. The molecule has 1 saturated heterocycles. The summed E-state index contributed by atoms with van der Waals surface area (Å²) in [5.74, 6) is 0.0460. The van der Waals surface area contributed by atoms with Crippen molar-refractivity contribution in [3.05, 3.63) is 35.9 Å². The van der Waals surface area contributed by atoms with Crippen LogP contribution in [0.2, 0.25) is 0 Å². The first-order valence-corrected chi connectivity index (χ1v) is 7.60. The molecular weight excluding hydrogens is 236 g/mol. The van der Waals surface area contributed by atoms with Gasteiger partial charge in [0.1, 0.15) is 0 Å². The molecule has 0 aromatic heterocycles. The highest BCUT2D eigenvalue weighted by molar-refractivity contribution is 7.88. The fourth-order valence-electron chi connectivity index (χ4n) is 2.01. The molecule has 0 atom stereocenters. The fraction of sp³-hybridized carbons (Fsp3) is 0.500. The molecule has 0 bridgehead atoms. The van der Waals surface area contributed by atoms with E-state index in [4.69, 9.17) is 0 Å². The molecule has 0 aliphatic carbocycles. The Balaban J connectivity index is 1.94. The summed E-state index contributed by atoms with van der Waals surface area (Å²) in [5.41, 5.74) is 0.817. The Morgan fingerprint density at radius 3 is 2.35 bits per heavy atom. The number of sulfonamides is 1. The smallest absolute Gasteiger partial charge is 0.228 e. The lowest BCUT2D eigenvalue weighted by molar-refractivity contribution is 0.200. The van der Waals surface area contributed by atoms with Crippen LogP contribution in [-0.2, 0) is 15.8 Å². The molecule has 0 saturated carbocycles. The van der Waals surface area contributed by atoms with E-state index in [1.165, 1.54) is 6.42 Å². The lowest BCUT2D eigenvalue weighted by Gasteiger charge is -2.26. The van der Waals surface area contributed by atoms with Crippen molar-refractivity contribution in [2.75, 3.05) is 13.1 Å². The third-order valence-electron chi connectivity index (χ3n) is 2.82. The molecule has 2 rings (SSSR count). The molecule has 1 N–H and O–H groups in total. The maximum atomic E-state index is 11.9. The Hall–Kier alpha value is -0.910. The van der Waals surface area contributed by atoms with E-state index in [2.05, 4.69) is 4.83 Å². The van der Waals surface area contributed by atoms with Crippen LogP contribution in [0.3, 0.4) is 0 Å². The van der Waals surface area contributed by atoms with Gasteiger partial charge in [-0.25, -0.2) is 13.4 Å². The maximum absolute atomic E-state index is 11.9. The van der Waals surface area contributed by atoms with Gasteiger partial charge in [0.15, 0.2) is 0 Å². The lowest BCUT2D eigenvalue weighted by Crippen LogP contribution is -2.45. The van der Waals surface area contributed by atoms with Crippen molar-refractivity contribution in [3.63, 3.8) is 0 Å². The van der Waals surface area contributed by atoms with Crippen molar-refractivity contribution in [3.8, 4) is 0 Å². The molecule has 0 spiro atoms. The number of hydrogen-bond acceptors (Lipinski definition) is 3. The van der Waals surface area contributed by atoms with Crippen LogP contribution in [-0.4, -0.2) is 26.5 Å². The topological polar surface area (TPSA) is 49.4 Å². The summed E-state index contributed by atoms with van der Waals surface area (Å²) >= 11 is 0. The van der Waals surface area contributed by atoms with Crippen molar-refractivity contribution < 1.29 is 8.42 Å². The first-order chi connectivity index (χ1) is 8.16. The highest BCUT2D eigenvalue weighted by Crippen LogP contribution is 2.09. The van der Waals surface area contributed by atoms with Gasteiger partial charge in [-0.1, -0.05) is 36.8 Å². The predicted octanol–water partition coefficient (Wildman–Crippen LogP) is 1.51. The van der Waals surface area contributed by atoms with Crippen molar-refractivity contribution in [2.24, 2.45) is 0 Å². The molecule has 1 fully saturated rings. The van der Waals surface area contributed by atoms with E-state index < -0.39 is 10.0 Å². The van der Waals surface area contributed by atoms with Crippen molar-refractivity contribution >= 4 is 10.0 Å². The molecule has 1 heterocycles. The van der Waals surface area contributed by atoms with Crippen LogP contribution in [0, 0.1) is 0 Å². The van der Waals surface area contributed by atoms with Crippen molar-refractivity contribution in [1.29, 1.82) is 0 Å². The van der Waals surface area contributed by atoms with Crippen LogP contribution in [0.25, 0.3) is 0 Å². The van der Waals surface area contributed by atoms with E-state index in [0.29, 0.717) is 0 Å². The van der Waals surface area contributed by atoms with E-state index >= 15 is 0 Å². The van der Waals surface area contributed by atoms with Gasteiger partial charge in [0.05, 0.1) is 5.75 Å². The van der Waals surface area contributed by atoms with E-state index in [1.807, 2.05) is 35.3 Å². The Kier molecular flexibility index (Phi) is 4.15. The Labute approximate surface area is 103 Å². The third kappa shape index (κ3) is 4.11. The zero-order chi connectivity index (χ0) is 12.1. The number of benzene rings is 1. The summed E-state index contributed by atoms with van der Waals surface area (Å²) in [6, 6.07) is 9.25. The largest absolute Gasteiger partial charge is 0.231 e. The molecule has 1 aliphatic rings. The van der Waals surface area contributed by atoms with Crippen LogP contribution in [0.4, 0.5) is 0 Å². The SMILES string of the molecule is O=S(=O)(Cc1ccccc1)NN1CCCCC1. The zero-order valence-electron chi connectivity index (χ0n) is 9.80. The van der Waals surface area contributed by atoms with Crippen LogP contribution >= 0.6 is 0 Å². The van der Waals surface area contributed by atoms with Crippen LogP contribution in [0.15, 0.2) is 30.3 Å². The molecule has 94 valence electrons. The molecular formula is C12H18N2O2S. The summed E-state index contributed by atoms with van der Waals surface area (Å²) in [6.45, 7) is 1.63. The molecule has 1 aromatic carbocycles. The van der Waals surface area contributed by atoms with Gasteiger partial charge in [-0.15, -0.1) is 4.83 Å². The third-order valence-corrected chi connectivity index (χ3v) is 4.07. The molecule has 0 unspecified atom stereocenters. The number of piperidine rings is 1. The van der Waals surface area contributed by atoms with Crippen LogP contribution < -0.4 is 4.83 Å². The molecule has 4 nitrogen and oxygen atoms in total. The Bertz CT molecular complexity index is 439. The van der Waals surface area contributed by atoms with Gasteiger partial charge in [-0.3, -0.25) is 0 Å². The lowest BCUT2D eigenvalue weighted by atomic mass is 10.2. The van der Waals surface area contributed by atoms with E-state index in [-0.39, 0.29) is 5.75 Å². The Morgan fingerprint density at radius 2 is 1.71 bits per heavy atom. The van der Waals surface area contributed by atoms with Gasteiger partial charge < -0.3 is 0 Å². The van der Waals surface area contributed by atoms with Gasteiger partial charge in [0.2, 0.25) is 10.0 Å². The first-order valence-electron chi connectivity index (χ1n) is 5.95. The minimum Gasteiger partial charge on any atom is -0.231 e. The molecule has 0 amide bonds. The average molecular weight is 254 g/mol. The molecule has 5 heteroatoms. The van der Waals surface area contributed by atoms with Crippen molar-refractivity contribution in [2.45, 2.75) is 25.0 Å². The summed E-state index contributed by atoms with van der Waals surface area (Å²) in [6.07, 6.45) is 3.32. The van der Waals surface area contributed by atoms with Gasteiger partial charge in [0, 0.05) is 13.1 Å². The minimum absolute atomic E-state index is 0.0460. The van der Waals surface area contributed by atoms with Crippen LogP contribution in [0.1, 0.15) is 24.8 Å². The van der Waals surface area contributed by atoms with Gasteiger partial charge in [0.25, 0.3) is 0 Å². The summed E-state index contributed by atoms with van der Waals surface area (Å²) in [7, 11) is -3.26. The molecule has 1 aromatic rings. The van der Waals surface area contributed by atoms with Crippen molar-refractivity contribution in [1.82, 2.24) is 9.84 Å².